The number of amides is 1. The maximum Gasteiger partial charge on any atom is 0.336 e. The molecule has 4 aromatic rings. The lowest BCUT2D eigenvalue weighted by Crippen LogP contribution is -2.33. The molecule has 0 spiro atoms. The summed E-state index contributed by atoms with van der Waals surface area (Å²) < 4.78 is 10.7. The molecule has 0 bridgehead atoms. The quantitative estimate of drug-likeness (QED) is 0.451. The number of benzene rings is 2. The molecule has 5 nitrogen and oxygen atoms in total. The summed E-state index contributed by atoms with van der Waals surface area (Å²) in [7, 11) is 0. The molecule has 146 valence electrons. The molecule has 1 N–H and O–H groups in total. The van der Waals surface area contributed by atoms with Crippen LogP contribution < -0.4 is 15.7 Å². The van der Waals surface area contributed by atoms with Gasteiger partial charge in [-0.05, 0) is 58.3 Å². The third-order valence-corrected chi connectivity index (χ3v) is 5.30. The summed E-state index contributed by atoms with van der Waals surface area (Å²) in [5.41, 5.74) is 1.88. The molecule has 0 saturated heterocycles. The Morgan fingerprint density at radius 3 is 2.62 bits per heavy atom. The Morgan fingerprint density at radius 2 is 1.86 bits per heavy atom. The van der Waals surface area contributed by atoms with E-state index in [0.29, 0.717) is 16.4 Å². The second kappa shape index (κ2) is 8.51. The smallest absolute Gasteiger partial charge is 0.336 e. The number of hydrogen-bond acceptors (Lipinski definition) is 5. The molecule has 4 rings (SSSR count). The normalized spacial score (nSPS) is 11.9. The number of carbonyl (C=O) groups excluding carboxylic acids is 1. The van der Waals surface area contributed by atoms with Crippen LogP contribution in [0, 0.1) is 0 Å². The van der Waals surface area contributed by atoms with Crippen molar-refractivity contribution >= 4 is 39.8 Å². The molecule has 7 heteroatoms. The summed E-state index contributed by atoms with van der Waals surface area (Å²) in [6, 6.07) is 17.2. The van der Waals surface area contributed by atoms with Gasteiger partial charge in [0.1, 0.15) is 11.3 Å². The second-order valence-corrected chi connectivity index (χ2v) is 7.57. The first-order valence-corrected chi connectivity index (χ1v) is 10.1. The number of nitrogens with one attached hydrogen (secondary N) is 1. The number of hydrogen-bond donors (Lipinski definition) is 1. The van der Waals surface area contributed by atoms with E-state index in [-0.39, 0.29) is 18.6 Å². The summed E-state index contributed by atoms with van der Waals surface area (Å²) in [6.07, 6.45) is 0. The highest BCUT2D eigenvalue weighted by Crippen LogP contribution is 2.25. The van der Waals surface area contributed by atoms with Gasteiger partial charge in [0, 0.05) is 22.5 Å². The summed E-state index contributed by atoms with van der Waals surface area (Å²) in [4.78, 5) is 23.9. The van der Waals surface area contributed by atoms with E-state index >= 15 is 0 Å². The molecule has 0 aliphatic rings. The number of carbonyl (C=O) groups is 1. The number of fused-ring (bicyclic) bond motifs is 1. The lowest BCUT2D eigenvalue weighted by molar-refractivity contribution is -0.123. The molecular weight excluding hydrogens is 410 g/mol. The monoisotopic (exact) mass is 425 g/mol. The summed E-state index contributed by atoms with van der Waals surface area (Å²) in [6.45, 7) is -0.170. The van der Waals surface area contributed by atoms with Crippen molar-refractivity contribution in [2.24, 2.45) is 0 Å². The molecule has 0 radical (unpaired) electrons. The van der Waals surface area contributed by atoms with Crippen LogP contribution in [0.25, 0.3) is 11.0 Å². The highest BCUT2D eigenvalue weighted by molar-refractivity contribution is 7.08. The van der Waals surface area contributed by atoms with Crippen LogP contribution in [0.4, 0.5) is 0 Å². The third kappa shape index (κ3) is 4.67. The van der Waals surface area contributed by atoms with E-state index in [1.54, 1.807) is 47.7 Å². The first-order valence-electron chi connectivity index (χ1n) is 8.82. The van der Waals surface area contributed by atoms with E-state index in [9.17, 15) is 9.59 Å². The number of halogens is 1. The molecule has 2 aromatic heterocycles. The van der Waals surface area contributed by atoms with Crippen LogP contribution >= 0.6 is 22.9 Å². The Balaban J connectivity index is 1.47. The zero-order valence-corrected chi connectivity index (χ0v) is 16.7. The highest BCUT2D eigenvalue weighted by Gasteiger charge is 2.18. The highest BCUT2D eigenvalue weighted by atomic mass is 35.5. The minimum atomic E-state index is -0.436. The molecule has 1 unspecified atom stereocenters. The van der Waals surface area contributed by atoms with Gasteiger partial charge in [-0.25, -0.2) is 4.79 Å². The Labute approximate surface area is 175 Å². The van der Waals surface area contributed by atoms with Gasteiger partial charge in [0.2, 0.25) is 0 Å². The van der Waals surface area contributed by atoms with Crippen LogP contribution in [0.15, 0.2) is 80.6 Å². The molecule has 0 aliphatic heterocycles. The lowest BCUT2D eigenvalue weighted by atomic mass is 10.0. The van der Waals surface area contributed by atoms with Gasteiger partial charge in [-0.3, -0.25) is 4.79 Å². The van der Waals surface area contributed by atoms with Crippen molar-refractivity contribution in [2.45, 2.75) is 6.04 Å². The van der Waals surface area contributed by atoms with E-state index in [2.05, 4.69) is 5.32 Å². The Kier molecular flexibility index (Phi) is 5.64. The van der Waals surface area contributed by atoms with E-state index in [0.717, 1.165) is 16.5 Å². The average Bonchev–Trinajstić information content (AvgIpc) is 3.25. The topological polar surface area (TPSA) is 68.5 Å². The van der Waals surface area contributed by atoms with Gasteiger partial charge in [-0.15, -0.1) is 0 Å². The van der Waals surface area contributed by atoms with E-state index in [4.69, 9.17) is 20.8 Å². The first-order chi connectivity index (χ1) is 14.1. The van der Waals surface area contributed by atoms with Crippen molar-refractivity contribution in [3.05, 3.63) is 98.0 Å². The summed E-state index contributed by atoms with van der Waals surface area (Å²) in [5, 5.41) is 8.37. The molecule has 29 heavy (non-hydrogen) atoms. The molecule has 1 amide bonds. The Morgan fingerprint density at radius 1 is 1.07 bits per heavy atom. The van der Waals surface area contributed by atoms with Crippen molar-refractivity contribution < 1.29 is 13.9 Å². The fourth-order valence-corrected chi connectivity index (χ4v) is 3.75. The van der Waals surface area contributed by atoms with Crippen LogP contribution in [0.5, 0.6) is 5.75 Å². The maximum atomic E-state index is 12.5. The third-order valence-electron chi connectivity index (χ3n) is 4.35. The predicted octanol–water partition coefficient (Wildman–Crippen LogP) is 4.79. The fraction of sp³-hybridized carbons (Fsp3) is 0.0909. The fourth-order valence-electron chi connectivity index (χ4n) is 2.94. The Bertz CT molecular complexity index is 1190. The SMILES string of the molecule is O=C(COc1ccc2ccc(=O)oc2c1)NC(c1ccc(Cl)cc1)c1ccsc1. The number of rotatable bonds is 6. The minimum absolute atomic E-state index is 0.170. The van der Waals surface area contributed by atoms with Crippen molar-refractivity contribution in [1.29, 1.82) is 0 Å². The molecule has 2 heterocycles. The number of ether oxygens (including phenoxy) is 1. The largest absolute Gasteiger partial charge is 0.484 e. The maximum absolute atomic E-state index is 12.5. The van der Waals surface area contributed by atoms with Crippen LogP contribution in [-0.4, -0.2) is 12.5 Å². The van der Waals surface area contributed by atoms with Gasteiger partial charge in [0.25, 0.3) is 5.91 Å². The average molecular weight is 426 g/mol. The van der Waals surface area contributed by atoms with Crippen molar-refractivity contribution in [1.82, 2.24) is 5.32 Å². The second-order valence-electron chi connectivity index (χ2n) is 6.35. The van der Waals surface area contributed by atoms with Crippen molar-refractivity contribution in [3.63, 3.8) is 0 Å². The van der Waals surface area contributed by atoms with Gasteiger partial charge >= 0.3 is 5.63 Å². The van der Waals surface area contributed by atoms with Crippen LogP contribution in [0.3, 0.4) is 0 Å². The van der Waals surface area contributed by atoms with Gasteiger partial charge in [0.15, 0.2) is 6.61 Å². The van der Waals surface area contributed by atoms with E-state index < -0.39 is 5.63 Å². The van der Waals surface area contributed by atoms with Crippen molar-refractivity contribution in [2.75, 3.05) is 6.61 Å². The molecule has 0 aliphatic carbocycles. The van der Waals surface area contributed by atoms with Gasteiger partial charge in [-0.1, -0.05) is 23.7 Å². The van der Waals surface area contributed by atoms with Crippen LogP contribution in [0.2, 0.25) is 5.02 Å². The zero-order valence-electron chi connectivity index (χ0n) is 15.1. The van der Waals surface area contributed by atoms with Gasteiger partial charge < -0.3 is 14.5 Å². The van der Waals surface area contributed by atoms with Crippen LogP contribution in [0.1, 0.15) is 17.2 Å². The van der Waals surface area contributed by atoms with Gasteiger partial charge in [0.05, 0.1) is 6.04 Å². The minimum Gasteiger partial charge on any atom is -0.484 e. The first kappa shape index (κ1) is 19.2. The molecule has 0 fully saturated rings. The van der Waals surface area contributed by atoms with Crippen LogP contribution in [-0.2, 0) is 4.79 Å². The Hall–Kier alpha value is -3.09. The van der Waals surface area contributed by atoms with Gasteiger partial charge in [-0.2, -0.15) is 11.3 Å². The molecular formula is C22H16ClNO4S. The van der Waals surface area contributed by atoms with Crippen molar-refractivity contribution in [3.8, 4) is 5.75 Å². The summed E-state index contributed by atoms with van der Waals surface area (Å²) >= 11 is 7.54. The molecule has 1 atom stereocenters. The standard InChI is InChI=1S/C22H16ClNO4S/c23-17-5-1-15(2-6-17)22(16-9-10-29-13-16)24-20(25)12-27-18-7-3-14-4-8-21(26)28-19(14)11-18/h1-11,13,22H,12H2,(H,24,25). The predicted molar refractivity (Wildman–Crippen MR) is 114 cm³/mol. The van der Waals surface area contributed by atoms with E-state index in [1.807, 2.05) is 29.0 Å². The summed E-state index contributed by atoms with van der Waals surface area (Å²) in [5.74, 6) is 0.173. The number of thiophene rings is 1. The van der Waals surface area contributed by atoms with E-state index in [1.165, 1.54) is 6.07 Å². The molecule has 0 saturated carbocycles. The molecule has 2 aromatic carbocycles. The lowest BCUT2D eigenvalue weighted by Gasteiger charge is -2.19. The zero-order chi connectivity index (χ0) is 20.2.